The van der Waals surface area contributed by atoms with Crippen molar-refractivity contribution in [3.8, 4) is 5.88 Å². The van der Waals surface area contributed by atoms with Crippen LogP contribution in [0.15, 0.2) is 0 Å². The second kappa shape index (κ2) is 9.77. The van der Waals surface area contributed by atoms with Crippen LogP contribution in [0.2, 0.25) is 0 Å². The highest BCUT2D eigenvalue weighted by Gasteiger charge is 2.19. The van der Waals surface area contributed by atoms with E-state index in [1.54, 1.807) is 7.11 Å². The van der Waals surface area contributed by atoms with Crippen LogP contribution in [0, 0.1) is 11.8 Å². The van der Waals surface area contributed by atoms with Crippen molar-refractivity contribution in [1.29, 1.82) is 0 Å². The number of amides is 1. The van der Waals surface area contributed by atoms with E-state index in [-0.39, 0.29) is 11.8 Å². The second-order valence-corrected chi connectivity index (χ2v) is 6.37. The summed E-state index contributed by atoms with van der Waals surface area (Å²) in [5.74, 6) is 2.50. The van der Waals surface area contributed by atoms with Crippen LogP contribution in [0.1, 0.15) is 51.6 Å². The van der Waals surface area contributed by atoms with Crippen molar-refractivity contribution in [2.75, 3.05) is 12.9 Å². The largest absolute Gasteiger partial charge is 0.480 e. The number of thiol groups is 1. The molecule has 0 aliphatic heterocycles. The summed E-state index contributed by atoms with van der Waals surface area (Å²) in [4.78, 5) is 19.9. The van der Waals surface area contributed by atoms with Crippen molar-refractivity contribution >= 4 is 18.5 Å². The Labute approximate surface area is 139 Å². The lowest BCUT2D eigenvalue weighted by molar-refractivity contribution is -0.124. The third-order valence-electron chi connectivity index (χ3n) is 3.54. The Balaban J connectivity index is 2.62. The number of aromatic amines is 1. The van der Waals surface area contributed by atoms with Crippen LogP contribution in [-0.4, -0.2) is 28.7 Å². The first-order valence-corrected chi connectivity index (χ1v) is 8.65. The van der Waals surface area contributed by atoms with Gasteiger partial charge in [-0.3, -0.25) is 4.79 Å². The minimum absolute atomic E-state index is 0.0375. The molecule has 1 aromatic rings. The topological polar surface area (TPSA) is 67.0 Å². The fraction of sp³-hybridized carbons (Fsp3) is 0.750. The van der Waals surface area contributed by atoms with Crippen LogP contribution < -0.4 is 10.1 Å². The molecule has 0 fully saturated rings. The van der Waals surface area contributed by atoms with Gasteiger partial charge in [-0.15, -0.1) is 0 Å². The zero-order valence-corrected chi connectivity index (χ0v) is 15.0. The Morgan fingerprint density at radius 2 is 2.18 bits per heavy atom. The van der Waals surface area contributed by atoms with E-state index >= 15 is 0 Å². The lowest BCUT2D eigenvalue weighted by atomic mass is 9.98. The van der Waals surface area contributed by atoms with Gasteiger partial charge in [0.15, 0.2) is 0 Å². The number of aryl methyl sites for hydroxylation is 1. The van der Waals surface area contributed by atoms with Gasteiger partial charge in [0.25, 0.3) is 0 Å². The fourth-order valence-corrected chi connectivity index (χ4v) is 2.67. The number of nitrogens with one attached hydrogen (secondary N) is 2. The van der Waals surface area contributed by atoms with Gasteiger partial charge in [0, 0.05) is 18.1 Å². The molecule has 2 N–H and O–H groups in total. The molecule has 0 spiro atoms. The highest BCUT2D eigenvalue weighted by Crippen LogP contribution is 2.17. The third-order valence-corrected chi connectivity index (χ3v) is 3.98. The number of methoxy groups -OCH3 is 1. The summed E-state index contributed by atoms with van der Waals surface area (Å²) in [6, 6.07) is 0. The molecule has 1 aromatic heterocycles. The van der Waals surface area contributed by atoms with Crippen LogP contribution in [-0.2, 0) is 17.8 Å². The zero-order chi connectivity index (χ0) is 16.5. The van der Waals surface area contributed by atoms with Crippen molar-refractivity contribution in [3.63, 3.8) is 0 Å². The summed E-state index contributed by atoms with van der Waals surface area (Å²) in [6.45, 7) is 6.78. The van der Waals surface area contributed by atoms with Gasteiger partial charge in [-0.25, -0.2) is 0 Å². The quantitative estimate of drug-likeness (QED) is 0.579. The molecule has 0 saturated carbocycles. The van der Waals surface area contributed by atoms with Gasteiger partial charge in [0.2, 0.25) is 11.8 Å². The second-order valence-electron chi connectivity index (χ2n) is 6.00. The number of ether oxygens (including phenoxy) is 1. The number of nitrogens with zero attached hydrogens (tertiary/aromatic N) is 1. The molecule has 0 bridgehead atoms. The molecule has 126 valence electrons. The van der Waals surface area contributed by atoms with Crippen molar-refractivity contribution in [2.24, 2.45) is 11.8 Å². The number of rotatable bonds is 10. The molecule has 1 amide bonds. The normalized spacial score (nSPS) is 12.5. The summed E-state index contributed by atoms with van der Waals surface area (Å²) in [7, 11) is 1.60. The average molecular weight is 327 g/mol. The van der Waals surface area contributed by atoms with Crippen molar-refractivity contribution in [1.82, 2.24) is 15.3 Å². The molecule has 22 heavy (non-hydrogen) atoms. The Kier molecular flexibility index (Phi) is 8.38. The van der Waals surface area contributed by atoms with E-state index in [9.17, 15) is 4.79 Å². The van der Waals surface area contributed by atoms with E-state index in [0.717, 1.165) is 37.2 Å². The van der Waals surface area contributed by atoms with E-state index in [4.69, 9.17) is 4.74 Å². The molecule has 1 rings (SSSR count). The van der Waals surface area contributed by atoms with Crippen LogP contribution >= 0.6 is 12.6 Å². The monoisotopic (exact) mass is 327 g/mol. The lowest BCUT2D eigenvalue weighted by Gasteiger charge is -2.16. The number of imidazole rings is 1. The minimum atomic E-state index is -0.0585. The van der Waals surface area contributed by atoms with Gasteiger partial charge >= 0.3 is 0 Å². The predicted molar refractivity (Wildman–Crippen MR) is 92.4 cm³/mol. The van der Waals surface area contributed by atoms with Gasteiger partial charge in [-0.1, -0.05) is 27.2 Å². The van der Waals surface area contributed by atoms with Crippen molar-refractivity contribution in [3.05, 3.63) is 11.5 Å². The summed E-state index contributed by atoms with van der Waals surface area (Å²) in [5, 5.41) is 2.96. The lowest BCUT2D eigenvalue weighted by Crippen LogP contribution is -2.32. The molecular weight excluding hydrogens is 298 g/mol. The molecular formula is C16H29N3O2S. The van der Waals surface area contributed by atoms with Crippen LogP contribution in [0.5, 0.6) is 5.88 Å². The maximum Gasteiger partial charge on any atom is 0.236 e. The van der Waals surface area contributed by atoms with Gasteiger partial charge in [-0.2, -0.15) is 17.6 Å². The number of hydrogen-bond acceptors (Lipinski definition) is 4. The average Bonchev–Trinajstić information content (AvgIpc) is 2.90. The molecule has 5 nitrogen and oxygen atoms in total. The number of H-pyrrole nitrogens is 1. The van der Waals surface area contributed by atoms with Gasteiger partial charge in [0.05, 0.1) is 19.3 Å². The third kappa shape index (κ3) is 5.91. The molecule has 0 aliphatic carbocycles. The molecule has 0 unspecified atom stereocenters. The molecule has 0 radical (unpaired) electrons. The van der Waals surface area contributed by atoms with Crippen molar-refractivity contribution < 1.29 is 9.53 Å². The highest BCUT2D eigenvalue weighted by atomic mass is 32.1. The summed E-state index contributed by atoms with van der Waals surface area (Å²) in [5.41, 5.74) is 0.824. The molecule has 1 heterocycles. The Morgan fingerprint density at radius 3 is 2.73 bits per heavy atom. The Bertz CT molecular complexity index is 460. The molecule has 0 aromatic carbocycles. The number of unbranched alkanes of at least 4 members (excludes halogenated alkanes) is 1. The van der Waals surface area contributed by atoms with E-state index < -0.39 is 0 Å². The van der Waals surface area contributed by atoms with Crippen LogP contribution in [0.25, 0.3) is 0 Å². The molecule has 0 saturated heterocycles. The van der Waals surface area contributed by atoms with Crippen molar-refractivity contribution in [2.45, 2.75) is 53.0 Å². The molecule has 0 aliphatic rings. The van der Waals surface area contributed by atoms with E-state index in [1.165, 1.54) is 0 Å². The summed E-state index contributed by atoms with van der Waals surface area (Å²) < 4.78 is 5.28. The summed E-state index contributed by atoms with van der Waals surface area (Å²) in [6.07, 6.45) is 3.94. The minimum Gasteiger partial charge on any atom is -0.480 e. The Hall–Kier alpha value is -1.17. The highest BCUT2D eigenvalue weighted by molar-refractivity contribution is 7.80. The van der Waals surface area contributed by atoms with Crippen LogP contribution in [0.4, 0.5) is 0 Å². The fourth-order valence-electron chi connectivity index (χ4n) is 2.35. The standard InChI is InChI=1S/C16H29N3O2S/c1-5-6-7-14-18-13(16(19-14)21-4)9-17-15(20)12(10-22)8-11(2)3/h11-12,22H,5-10H2,1-4H3,(H,17,20)(H,18,19)/t12-/m1/s1. The predicted octanol–water partition coefficient (Wildman–Crippen LogP) is 2.97. The van der Waals surface area contributed by atoms with E-state index in [1.807, 2.05) is 0 Å². The zero-order valence-electron chi connectivity index (χ0n) is 14.1. The number of carbonyl (C=O) groups is 1. The first-order chi connectivity index (χ1) is 10.5. The smallest absolute Gasteiger partial charge is 0.236 e. The van der Waals surface area contributed by atoms with Crippen LogP contribution in [0.3, 0.4) is 0 Å². The maximum atomic E-state index is 12.2. The number of hydrogen-bond donors (Lipinski definition) is 3. The number of carbonyl (C=O) groups excluding carboxylic acids is 1. The van der Waals surface area contributed by atoms with Gasteiger partial charge < -0.3 is 15.0 Å². The first-order valence-electron chi connectivity index (χ1n) is 8.02. The number of aromatic nitrogens is 2. The van der Waals surface area contributed by atoms with E-state index in [0.29, 0.717) is 24.1 Å². The SMILES string of the molecule is CCCCc1nc(OC)c(CNC(=O)[C@@H](CS)CC(C)C)[nH]1. The first kappa shape index (κ1) is 18.9. The summed E-state index contributed by atoms with van der Waals surface area (Å²) >= 11 is 4.29. The Morgan fingerprint density at radius 1 is 1.45 bits per heavy atom. The molecule has 6 heteroatoms. The molecule has 1 atom stereocenters. The van der Waals surface area contributed by atoms with E-state index in [2.05, 4.69) is 48.7 Å². The van der Waals surface area contributed by atoms with Gasteiger partial charge in [-0.05, 0) is 18.8 Å². The maximum absolute atomic E-state index is 12.2. The van der Waals surface area contributed by atoms with Gasteiger partial charge in [0.1, 0.15) is 5.82 Å².